The van der Waals surface area contributed by atoms with E-state index in [1.165, 1.54) is 17.1 Å². The Morgan fingerprint density at radius 3 is 2.13 bits per heavy atom. The summed E-state index contributed by atoms with van der Waals surface area (Å²) in [6.45, 7) is 2.01. The highest BCUT2D eigenvalue weighted by molar-refractivity contribution is 6.00. The molecule has 3 rings (SSSR count). The van der Waals surface area contributed by atoms with Crippen LogP contribution in [-0.2, 0) is 9.53 Å². The molecule has 0 bridgehead atoms. The highest BCUT2D eigenvalue weighted by Crippen LogP contribution is 2.22. The molecule has 0 aliphatic heterocycles. The normalized spacial score (nSPS) is 11.4. The van der Waals surface area contributed by atoms with Gasteiger partial charge in [-0.2, -0.15) is 0 Å². The summed E-state index contributed by atoms with van der Waals surface area (Å²) in [5, 5.41) is 14.7. The van der Waals surface area contributed by atoms with Gasteiger partial charge in [0.25, 0.3) is 0 Å². The summed E-state index contributed by atoms with van der Waals surface area (Å²) in [5.41, 5.74) is 7.41. The molecule has 1 heterocycles. The van der Waals surface area contributed by atoms with Crippen molar-refractivity contribution in [2.45, 2.75) is 13.0 Å². The molecule has 3 aromatic rings. The number of nitrogens with two attached hydrogens (primary N) is 1. The van der Waals surface area contributed by atoms with Crippen LogP contribution in [0.2, 0.25) is 0 Å². The van der Waals surface area contributed by atoms with Crippen molar-refractivity contribution in [2.75, 3.05) is 17.2 Å². The zero-order chi connectivity index (χ0) is 22.4. The molecule has 160 valence electrons. The number of carbonyl (C=O) groups excluding carboxylic acids is 3. The van der Waals surface area contributed by atoms with Crippen LogP contribution in [0.1, 0.15) is 28.9 Å². The fraction of sp³-hybridized carbons (Fsp3) is 0.143. The van der Waals surface area contributed by atoms with Gasteiger partial charge < -0.3 is 30.8 Å². The standard InChI is InChI=1S/C21H21N5O5/c1-2-31-20(29)14-5-9-16(10-6-14)25-21(30)24-15-7-3-13(4-8-15)18(19(22)28)26-11-17(27)23-12-26/h3-12,18,27H,2H2,1H3,(H2,22,28)(H2,24,25,30). The van der Waals surface area contributed by atoms with Crippen molar-refractivity contribution in [2.24, 2.45) is 5.73 Å². The van der Waals surface area contributed by atoms with Crippen LogP contribution >= 0.6 is 0 Å². The second kappa shape index (κ2) is 9.44. The molecule has 0 aliphatic rings. The van der Waals surface area contributed by atoms with Gasteiger partial charge in [0, 0.05) is 11.4 Å². The molecular formula is C21H21N5O5. The molecule has 1 atom stereocenters. The Kier molecular flexibility index (Phi) is 6.51. The first kappa shape index (κ1) is 21.4. The fourth-order valence-electron chi connectivity index (χ4n) is 2.90. The lowest BCUT2D eigenvalue weighted by molar-refractivity contribution is -0.120. The van der Waals surface area contributed by atoms with Gasteiger partial charge in [-0.05, 0) is 48.9 Å². The average Bonchev–Trinajstić information content (AvgIpc) is 3.15. The van der Waals surface area contributed by atoms with Crippen LogP contribution in [0.3, 0.4) is 0 Å². The van der Waals surface area contributed by atoms with Crippen molar-refractivity contribution < 1.29 is 24.2 Å². The van der Waals surface area contributed by atoms with Crippen LogP contribution in [0.4, 0.5) is 16.2 Å². The Hall–Kier alpha value is -4.34. The van der Waals surface area contributed by atoms with Gasteiger partial charge in [0.1, 0.15) is 6.04 Å². The summed E-state index contributed by atoms with van der Waals surface area (Å²) in [6, 6.07) is 11.5. The summed E-state index contributed by atoms with van der Waals surface area (Å²) in [6.07, 6.45) is 2.60. The number of ether oxygens (including phenoxy) is 1. The van der Waals surface area contributed by atoms with Crippen molar-refractivity contribution >= 4 is 29.3 Å². The lowest BCUT2D eigenvalue weighted by Gasteiger charge is -2.16. The predicted octanol–water partition coefficient (Wildman–Crippen LogP) is 2.48. The number of urea groups is 1. The number of imidazole rings is 1. The number of hydrogen-bond acceptors (Lipinski definition) is 6. The van der Waals surface area contributed by atoms with Crippen molar-refractivity contribution in [1.82, 2.24) is 9.55 Å². The van der Waals surface area contributed by atoms with Gasteiger partial charge in [0.15, 0.2) is 0 Å². The van der Waals surface area contributed by atoms with Crippen LogP contribution < -0.4 is 16.4 Å². The summed E-state index contributed by atoms with van der Waals surface area (Å²) < 4.78 is 6.31. The van der Waals surface area contributed by atoms with E-state index in [9.17, 15) is 19.5 Å². The van der Waals surface area contributed by atoms with E-state index < -0.39 is 23.9 Å². The molecule has 2 aromatic carbocycles. The van der Waals surface area contributed by atoms with Crippen LogP contribution in [0.5, 0.6) is 5.88 Å². The number of hydrogen-bond donors (Lipinski definition) is 4. The number of nitrogens with zero attached hydrogens (tertiary/aromatic N) is 2. The molecule has 3 amide bonds. The van der Waals surface area contributed by atoms with E-state index in [0.29, 0.717) is 22.5 Å². The van der Waals surface area contributed by atoms with E-state index >= 15 is 0 Å². The molecule has 5 N–H and O–H groups in total. The maximum Gasteiger partial charge on any atom is 0.338 e. The van der Waals surface area contributed by atoms with Gasteiger partial charge in [-0.1, -0.05) is 12.1 Å². The lowest BCUT2D eigenvalue weighted by atomic mass is 10.1. The number of nitrogens with one attached hydrogen (secondary N) is 2. The second-order valence-corrected chi connectivity index (χ2v) is 6.48. The SMILES string of the molecule is CCOC(=O)c1ccc(NC(=O)Nc2ccc(C(C(N)=O)n3cnc(O)c3)cc2)cc1. The summed E-state index contributed by atoms with van der Waals surface area (Å²) in [7, 11) is 0. The van der Waals surface area contributed by atoms with Gasteiger partial charge >= 0.3 is 12.0 Å². The van der Waals surface area contributed by atoms with Crippen molar-refractivity contribution in [3.63, 3.8) is 0 Å². The zero-order valence-electron chi connectivity index (χ0n) is 16.6. The molecule has 0 saturated heterocycles. The Bertz CT molecular complexity index is 1080. The number of primary amides is 1. The lowest BCUT2D eigenvalue weighted by Crippen LogP contribution is -2.26. The topological polar surface area (TPSA) is 149 Å². The third kappa shape index (κ3) is 5.38. The van der Waals surface area contributed by atoms with E-state index in [2.05, 4.69) is 15.6 Å². The number of aromatic nitrogens is 2. The summed E-state index contributed by atoms with van der Waals surface area (Å²) in [4.78, 5) is 39.4. The molecule has 0 spiro atoms. The molecule has 10 heteroatoms. The van der Waals surface area contributed by atoms with Gasteiger partial charge in [-0.15, -0.1) is 0 Å². The largest absolute Gasteiger partial charge is 0.492 e. The van der Waals surface area contributed by atoms with Crippen LogP contribution in [0.25, 0.3) is 0 Å². The number of amides is 3. The molecule has 0 radical (unpaired) electrons. The third-order valence-corrected chi connectivity index (χ3v) is 4.29. The number of carbonyl (C=O) groups is 3. The van der Waals surface area contributed by atoms with Crippen molar-refractivity contribution in [1.29, 1.82) is 0 Å². The number of anilines is 2. The minimum Gasteiger partial charge on any atom is -0.492 e. The Morgan fingerprint density at radius 1 is 1.06 bits per heavy atom. The summed E-state index contributed by atoms with van der Waals surface area (Å²) >= 11 is 0. The Labute approximate surface area is 177 Å². The van der Waals surface area contributed by atoms with Crippen LogP contribution in [0.15, 0.2) is 61.1 Å². The quantitative estimate of drug-likeness (QED) is 0.429. The molecule has 0 aliphatic carbocycles. The van der Waals surface area contributed by atoms with E-state index in [1.807, 2.05) is 0 Å². The van der Waals surface area contributed by atoms with E-state index in [1.54, 1.807) is 55.5 Å². The smallest absolute Gasteiger partial charge is 0.338 e. The van der Waals surface area contributed by atoms with Gasteiger partial charge in [0.05, 0.1) is 24.7 Å². The average molecular weight is 423 g/mol. The number of aromatic hydroxyl groups is 1. The second-order valence-electron chi connectivity index (χ2n) is 6.48. The fourth-order valence-corrected chi connectivity index (χ4v) is 2.90. The third-order valence-electron chi connectivity index (χ3n) is 4.29. The maximum absolute atomic E-state index is 12.2. The molecule has 31 heavy (non-hydrogen) atoms. The van der Waals surface area contributed by atoms with Crippen molar-refractivity contribution in [3.8, 4) is 5.88 Å². The molecule has 0 fully saturated rings. The summed E-state index contributed by atoms with van der Waals surface area (Å²) in [5.74, 6) is -1.28. The van der Waals surface area contributed by atoms with Gasteiger partial charge in [-0.25, -0.2) is 14.6 Å². The van der Waals surface area contributed by atoms with E-state index in [-0.39, 0.29) is 12.5 Å². The first-order valence-corrected chi connectivity index (χ1v) is 9.34. The maximum atomic E-state index is 12.2. The first-order valence-electron chi connectivity index (χ1n) is 9.34. The number of esters is 1. The molecule has 1 unspecified atom stereocenters. The van der Waals surface area contributed by atoms with E-state index in [0.717, 1.165) is 0 Å². The Balaban J connectivity index is 1.63. The minimum atomic E-state index is -0.853. The number of benzene rings is 2. The molecule has 1 aromatic heterocycles. The highest BCUT2D eigenvalue weighted by atomic mass is 16.5. The number of rotatable bonds is 7. The monoisotopic (exact) mass is 423 g/mol. The molecular weight excluding hydrogens is 402 g/mol. The first-order chi connectivity index (χ1) is 14.9. The predicted molar refractivity (Wildman–Crippen MR) is 113 cm³/mol. The highest BCUT2D eigenvalue weighted by Gasteiger charge is 2.20. The molecule has 10 nitrogen and oxygen atoms in total. The van der Waals surface area contributed by atoms with Gasteiger partial charge in [0.2, 0.25) is 11.8 Å². The van der Waals surface area contributed by atoms with Crippen LogP contribution in [0, 0.1) is 0 Å². The molecule has 0 saturated carbocycles. The van der Waals surface area contributed by atoms with Crippen LogP contribution in [-0.4, -0.2) is 39.2 Å². The van der Waals surface area contributed by atoms with Crippen molar-refractivity contribution in [3.05, 3.63) is 72.2 Å². The minimum absolute atomic E-state index is 0.225. The van der Waals surface area contributed by atoms with E-state index in [4.69, 9.17) is 10.5 Å². The Morgan fingerprint density at radius 2 is 1.65 bits per heavy atom. The zero-order valence-corrected chi connectivity index (χ0v) is 16.6. The van der Waals surface area contributed by atoms with Gasteiger partial charge in [-0.3, -0.25) is 4.79 Å².